The number of benzene rings is 2. The zero-order chi connectivity index (χ0) is 17.5. The van der Waals surface area contributed by atoms with Crippen LogP contribution in [0, 0.1) is 18.3 Å². The number of rotatable bonds is 6. The molecule has 0 bridgehead atoms. The first kappa shape index (κ1) is 17.1. The van der Waals surface area contributed by atoms with E-state index in [-0.39, 0.29) is 5.57 Å². The summed E-state index contributed by atoms with van der Waals surface area (Å²) in [6.45, 7) is 2.41. The van der Waals surface area contributed by atoms with Crippen LogP contribution in [0.15, 0.2) is 48.0 Å². The van der Waals surface area contributed by atoms with E-state index in [1.54, 1.807) is 24.3 Å². The van der Waals surface area contributed by atoms with Crippen LogP contribution in [-0.4, -0.2) is 18.2 Å². The lowest BCUT2D eigenvalue weighted by Gasteiger charge is -2.12. The number of ether oxygens (including phenoxy) is 2. The third-order valence-electron chi connectivity index (χ3n) is 3.49. The van der Waals surface area contributed by atoms with Gasteiger partial charge < -0.3 is 14.6 Å². The summed E-state index contributed by atoms with van der Waals surface area (Å²) in [6, 6.07) is 14.6. The van der Waals surface area contributed by atoms with Crippen molar-refractivity contribution in [1.82, 2.24) is 0 Å². The zero-order valence-corrected chi connectivity index (χ0v) is 13.4. The van der Waals surface area contributed by atoms with E-state index >= 15 is 0 Å². The van der Waals surface area contributed by atoms with Crippen LogP contribution in [0.2, 0.25) is 0 Å². The van der Waals surface area contributed by atoms with Crippen LogP contribution in [0.25, 0.3) is 6.08 Å². The summed E-state index contributed by atoms with van der Waals surface area (Å²) in [6.07, 6.45) is 1.29. The molecule has 1 N–H and O–H groups in total. The van der Waals surface area contributed by atoms with Crippen LogP contribution in [0.3, 0.4) is 0 Å². The van der Waals surface area contributed by atoms with Gasteiger partial charge in [0, 0.05) is 0 Å². The Morgan fingerprint density at radius 1 is 1.25 bits per heavy atom. The van der Waals surface area contributed by atoms with E-state index in [4.69, 9.17) is 19.8 Å². The van der Waals surface area contributed by atoms with Gasteiger partial charge in [0.2, 0.25) is 0 Å². The van der Waals surface area contributed by atoms with Gasteiger partial charge in [-0.05, 0) is 41.8 Å². The Hall–Kier alpha value is -3.26. The molecule has 0 radical (unpaired) electrons. The van der Waals surface area contributed by atoms with Crippen LogP contribution < -0.4 is 9.47 Å². The number of nitriles is 1. The van der Waals surface area contributed by atoms with Gasteiger partial charge in [-0.3, -0.25) is 0 Å². The van der Waals surface area contributed by atoms with Gasteiger partial charge in [-0.15, -0.1) is 0 Å². The summed E-state index contributed by atoms with van der Waals surface area (Å²) in [7, 11) is 1.51. The molecule has 0 spiro atoms. The summed E-state index contributed by atoms with van der Waals surface area (Å²) < 4.78 is 11.1. The topological polar surface area (TPSA) is 79.5 Å². The number of carbonyl (C=O) groups is 1. The van der Waals surface area contributed by atoms with E-state index in [1.165, 1.54) is 13.2 Å². The fourth-order valence-electron chi connectivity index (χ4n) is 2.13. The monoisotopic (exact) mass is 323 g/mol. The third-order valence-corrected chi connectivity index (χ3v) is 3.49. The van der Waals surface area contributed by atoms with Crippen LogP contribution in [-0.2, 0) is 11.4 Å². The number of aliphatic carboxylic acids is 1. The average Bonchev–Trinajstić information content (AvgIpc) is 2.59. The van der Waals surface area contributed by atoms with Crippen molar-refractivity contribution in [1.29, 1.82) is 5.26 Å². The molecule has 0 aliphatic heterocycles. The quantitative estimate of drug-likeness (QED) is 0.649. The fourth-order valence-corrected chi connectivity index (χ4v) is 2.13. The van der Waals surface area contributed by atoms with E-state index in [1.807, 2.05) is 31.2 Å². The van der Waals surface area contributed by atoms with Gasteiger partial charge in [0.1, 0.15) is 18.2 Å². The fraction of sp³-hybridized carbons (Fsp3) is 0.158. The SMILES string of the molecule is COc1cc(C=C(C#N)C(=O)O)ccc1OCc1ccccc1C. The molecular weight excluding hydrogens is 306 g/mol. The van der Waals surface area contributed by atoms with E-state index in [0.717, 1.165) is 11.1 Å². The van der Waals surface area contributed by atoms with Crippen molar-refractivity contribution < 1.29 is 19.4 Å². The Balaban J connectivity index is 2.22. The molecule has 0 amide bonds. The molecule has 0 heterocycles. The number of aryl methyl sites for hydroxylation is 1. The van der Waals surface area contributed by atoms with E-state index in [0.29, 0.717) is 23.7 Å². The van der Waals surface area contributed by atoms with Crippen LogP contribution in [0.4, 0.5) is 0 Å². The summed E-state index contributed by atoms with van der Waals surface area (Å²) in [5.74, 6) is -0.247. The Labute approximate surface area is 140 Å². The van der Waals surface area contributed by atoms with Crippen molar-refractivity contribution in [2.75, 3.05) is 7.11 Å². The minimum Gasteiger partial charge on any atom is -0.493 e. The highest BCUT2D eigenvalue weighted by molar-refractivity contribution is 5.96. The van der Waals surface area contributed by atoms with Crippen molar-refractivity contribution in [3.63, 3.8) is 0 Å². The number of carboxylic acids is 1. The van der Waals surface area contributed by atoms with E-state index in [9.17, 15) is 4.79 Å². The van der Waals surface area contributed by atoms with Gasteiger partial charge in [0.05, 0.1) is 7.11 Å². The predicted octanol–water partition coefficient (Wildman–Crippen LogP) is 3.57. The molecule has 0 aliphatic rings. The number of carboxylic acid groups (broad SMARTS) is 1. The first-order valence-corrected chi connectivity index (χ1v) is 7.25. The van der Waals surface area contributed by atoms with Gasteiger partial charge in [0.15, 0.2) is 11.5 Å². The third kappa shape index (κ3) is 4.14. The molecule has 5 nitrogen and oxygen atoms in total. The lowest BCUT2D eigenvalue weighted by molar-refractivity contribution is -0.132. The van der Waals surface area contributed by atoms with E-state index in [2.05, 4.69) is 0 Å². The highest BCUT2D eigenvalue weighted by Gasteiger charge is 2.09. The molecule has 122 valence electrons. The largest absolute Gasteiger partial charge is 0.493 e. The maximum absolute atomic E-state index is 10.9. The van der Waals surface area contributed by atoms with Crippen molar-refractivity contribution in [3.05, 3.63) is 64.7 Å². The van der Waals surface area contributed by atoms with Crippen LogP contribution >= 0.6 is 0 Å². The molecule has 0 atom stereocenters. The van der Waals surface area contributed by atoms with Gasteiger partial charge >= 0.3 is 5.97 Å². The minimum atomic E-state index is -1.27. The lowest BCUT2D eigenvalue weighted by atomic mass is 10.1. The number of nitrogens with zero attached hydrogens (tertiary/aromatic N) is 1. The van der Waals surface area contributed by atoms with Crippen LogP contribution in [0.5, 0.6) is 11.5 Å². The van der Waals surface area contributed by atoms with Gasteiger partial charge in [-0.1, -0.05) is 30.3 Å². The lowest BCUT2D eigenvalue weighted by Crippen LogP contribution is -2.00. The summed E-state index contributed by atoms with van der Waals surface area (Å²) in [5, 5.41) is 17.7. The second-order valence-corrected chi connectivity index (χ2v) is 5.10. The first-order chi connectivity index (χ1) is 11.5. The Morgan fingerprint density at radius 3 is 2.62 bits per heavy atom. The Morgan fingerprint density at radius 2 is 2.00 bits per heavy atom. The molecule has 0 unspecified atom stereocenters. The van der Waals surface area contributed by atoms with Crippen molar-refractivity contribution in [2.24, 2.45) is 0 Å². The van der Waals surface area contributed by atoms with Gasteiger partial charge in [-0.25, -0.2) is 4.79 Å². The molecule has 2 rings (SSSR count). The maximum Gasteiger partial charge on any atom is 0.346 e. The van der Waals surface area contributed by atoms with Crippen molar-refractivity contribution >= 4 is 12.0 Å². The average molecular weight is 323 g/mol. The maximum atomic E-state index is 10.9. The zero-order valence-electron chi connectivity index (χ0n) is 13.4. The number of hydrogen-bond acceptors (Lipinski definition) is 4. The number of methoxy groups -OCH3 is 1. The smallest absolute Gasteiger partial charge is 0.346 e. The highest BCUT2D eigenvalue weighted by Crippen LogP contribution is 2.30. The normalized spacial score (nSPS) is 10.8. The standard InChI is InChI=1S/C19H17NO4/c1-13-5-3-4-6-15(13)12-24-17-8-7-14(10-18(17)23-2)9-16(11-20)19(21)22/h3-10H,12H2,1-2H3,(H,21,22). The molecule has 2 aromatic carbocycles. The molecular formula is C19H17NO4. The Kier molecular flexibility index (Phi) is 5.58. The second-order valence-electron chi connectivity index (χ2n) is 5.10. The summed E-state index contributed by atoms with van der Waals surface area (Å²) in [4.78, 5) is 10.9. The Bertz CT molecular complexity index is 818. The van der Waals surface area contributed by atoms with Crippen molar-refractivity contribution in [3.8, 4) is 17.6 Å². The number of hydrogen-bond donors (Lipinski definition) is 1. The molecule has 2 aromatic rings. The van der Waals surface area contributed by atoms with Crippen molar-refractivity contribution in [2.45, 2.75) is 13.5 Å². The van der Waals surface area contributed by atoms with Crippen LogP contribution in [0.1, 0.15) is 16.7 Å². The minimum absolute atomic E-state index is 0.342. The predicted molar refractivity (Wildman–Crippen MR) is 89.7 cm³/mol. The summed E-state index contributed by atoms with van der Waals surface area (Å²) >= 11 is 0. The molecule has 5 heteroatoms. The molecule has 0 aromatic heterocycles. The van der Waals surface area contributed by atoms with E-state index < -0.39 is 5.97 Å². The van der Waals surface area contributed by atoms with Gasteiger partial charge in [-0.2, -0.15) is 5.26 Å². The molecule has 0 saturated carbocycles. The molecule has 0 aliphatic carbocycles. The van der Waals surface area contributed by atoms with Gasteiger partial charge in [0.25, 0.3) is 0 Å². The first-order valence-electron chi connectivity index (χ1n) is 7.25. The highest BCUT2D eigenvalue weighted by atomic mass is 16.5. The molecule has 24 heavy (non-hydrogen) atoms. The molecule has 0 fully saturated rings. The molecule has 0 saturated heterocycles. The summed E-state index contributed by atoms with van der Waals surface area (Å²) in [5.41, 5.74) is 2.41. The second kappa shape index (κ2) is 7.84.